The number of rotatable bonds is 2. The molecule has 3 atom stereocenters. The Hall–Kier alpha value is -1.42. The van der Waals surface area contributed by atoms with Crippen LogP contribution in [0.2, 0.25) is 10.0 Å². The fourth-order valence-corrected chi connectivity index (χ4v) is 5.22. The zero-order chi connectivity index (χ0) is 19.1. The van der Waals surface area contributed by atoms with Gasteiger partial charge in [0.05, 0.1) is 16.8 Å². The van der Waals surface area contributed by atoms with Gasteiger partial charge in [-0.15, -0.1) is 0 Å². The van der Waals surface area contributed by atoms with Crippen molar-refractivity contribution in [1.82, 2.24) is 9.88 Å². The number of likely N-dealkylation sites (N-methyl/N-ethyl adjacent to an activating group) is 1. The third kappa shape index (κ3) is 3.65. The minimum absolute atomic E-state index is 0.0153. The molecule has 142 valence electrons. The molecule has 0 bridgehead atoms. The van der Waals surface area contributed by atoms with E-state index in [1.807, 2.05) is 6.07 Å². The number of fused-ring (bicyclic) bond motifs is 2. The van der Waals surface area contributed by atoms with Crippen molar-refractivity contribution in [2.24, 2.45) is 5.92 Å². The lowest BCUT2D eigenvalue weighted by Crippen LogP contribution is -2.45. The number of Topliss-reactive ketones (excluding diaryl/α,β-unsaturated/α-hetero) is 1. The first-order chi connectivity index (χ1) is 12.9. The molecule has 3 nitrogen and oxygen atoms in total. The van der Waals surface area contributed by atoms with E-state index in [2.05, 4.69) is 30.1 Å². The van der Waals surface area contributed by atoms with Crippen molar-refractivity contribution in [2.45, 2.75) is 44.6 Å². The molecule has 0 saturated carbocycles. The lowest BCUT2D eigenvalue weighted by atomic mass is 9.74. The number of pyridine rings is 1. The van der Waals surface area contributed by atoms with E-state index in [0.29, 0.717) is 10.9 Å². The maximum Gasteiger partial charge on any atom is 0.146 e. The monoisotopic (exact) mass is 402 g/mol. The smallest absolute Gasteiger partial charge is 0.146 e. The van der Waals surface area contributed by atoms with Gasteiger partial charge in [-0.25, -0.2) is 0 Å². The fraction of sp³-hybridized carbons (Fsp3) is 0.455. The molecule has 2 aliphatic rings. The highest BCUT2D eigenvalue weighted by Gasteiger charge is 2.37. The number of likely N-dealkylation sites (tertiary alicyclic amines) is 1. The third-order valence-electron chi connectivity index (χ3n) is 6.22. The molecular weight excluding hydrogens is 379 g/mol. The Balaban J connectivity index is 1.82. The van der Waals surface area contributed by atoms with Crippen LogP contribution in [0.4, 0.5) is 0 Å². The number of aryl methyl sites for hydroxylation is 2. The van der Waals surface area contributed by atoms with Gasteiger partial charge in [0.15, 0.2) is 0 Å². The molecule has 4 rings (SSSR count). The molecule has 1 aromatic heterocycles. The summed E-state index contributed by atoms with van der Waals surface area (Å²) in [4.78, 5) is 19.2. The molecular formula is C22H24Cl2N2O. The zero-order valence-electron chi connectivity index (χ0n) is 15.7. The van der Waals surface area contributed by atoms with Crippen LogP contribution in [0.25, 0.3) is 0 Å². The second kappa shape index (κ2) is 7.54. The minimum atomic E-state index is -0.0153. The lowest BCUT2D eigenvalue weighted by molar-refractivity contribution is -0.123. The number of piperidine rings is 1. The van der Waals surface area contributed by atoms with Crippen LogP contribution in [-0.2, 0) is 17.6 Å². The normalized spacial score (nSPS) is 25.4. The summed E-state index contributed by atoms with van der Waals surface area (Å²) in [7, 11) is 2.05. The SMILES string of the molecule is CC(=O)[C@H]1CC([C@@H]2c3ccc(Cl)cc3CCc3cc(Cl)cnc32)CCN1C. The summed E-state index contributed by atoms with van der Waals surface area (Å²) in [5.41, 5.74) is 4.94. The highest BCUT2D eigenvalue weighted by Crippen LogP contribution is 2.44. The average molecular weight is 403 g/mol. The molecule has 1 saturated heterocycles. The predicted molar refractivity (Wildman–Crippen MR) is 110 cm³/mol. The van der Waals surface area contributed by atoms with E-state index in [1.54, 1.807) is 13.1 Å². The first kappa shape index (κ1) is 18.9. The summed E-state index contributed by atoms with van der Waals surface area (Å²) < 4.78 is 0. The molecule has 0 spiro atoms. The van der Waals surface area contributed by atoms with E-state index in [4.69, 9.17) is 28.2 Å². The first-order valence-electron chi connectivity index (χ1n) is 9.57. The molecule has 1 unspecified atom stereocenters. The Labute approximate surface area is 170 Å². The average Bonchev–Trinajstić information content (AvgIpc) is 2.78. The summed E-state index contributed by atoms with van der Waals surface area (Å²) in [6.07, 6.45) is 5.52. The van der Waals surface area contributed by atoms with E-state index in [9.17, 15) is 4.79 Å². The Morgan fingerprint density at radius 1 is 1.15 bits per heavy atom. The second-order valence-electron chi connectivity index (χ2n) is 7.91. The van der Waals surface area contributed by atoms with Crippen molar-refractivity contribution >= 4 is 29.0 Å². The number of carbonyl (C=O) groups is 1. The predicted octanol–water partition coefficient (Wildman–Crippen LogP) is 4.92. The molecule has 27 heavy (non-hydrogen) atoms. The first-order valence-corrected chi connectivity index (χ1v) is 10.3. The van der Waals surface area contributed by atoms with Crippen LogP contribution in [0.1, 0.15) is 48.1 Å². The Morgan fingerprint density at radius 3 is 2.67 bits per heavy atom. The number of aromatic nitrogens is 1. The standard InChI is InChI=1S/C22H24Cl2N2O/c1-13(27)20-11-15(7-8-26(20)2)21-19-6-5-17(23)9-14(19)3-4-16-10-18(24)12-25-22(16)21/h5-6,9-10,12,15,20-21H,3-4,7-8,11H2,1-2H3/t15?,20-,21-/m1/s1. The molecule has 1 aliphatic carbocycles. The molecule has 1 aromatic carbocycles. The van der Waals surface area contributed by atoms with Crippen molar-refractivity contribution in [3.05, 3.63) is 62.9 Å². The van der Waals surface area contributed by atoms with E-state index in [1.165, 1.54) is 16.7 Å². The van der Waals surface area contributed by atoms with Gasteiger partial charge in [-0.2, -0.15) is 0 Å². The minimum Gasteiger partial charge on any atom is -0.298 e. The highest BCUT2D eigenvalue weighted by molar-refractivity contribution is 6.30. The second-order valence-corrected chi connectivity index (χ2v) is 8.78. The maximum absolute atomic E-state index is 12.2. The van der Waals surface area contributed by atoms with Gasteiger partial charge >= 0.3 is 0 Å². The van der Waals surface area contributed by atoms with Crippen LogP contribution in [-0.4, -0.2) is 35.3 Å². The van der Waals surface area contributed by atoms with Gasteiger partial charge < -0.3 is 0 Å². The quantitative estimate of drug-likeness (QED) is 0.714. The van der Waals surface area contributed by atoms with Crippen molar-refractivity contribution < 1.29 is 4.79 Å². The van der Waals surface area contributed by atoms with Crippen molar-refractivity contribution in [2.75, 3.05) is 13.6 Å². The largest absolute Gasteiger partial charge is 0.298 e. The summed E-state index contributed by atoms with van der Waals surface area (Å²) in [6.45, 7) is 2.63. The van der Waals surface area contributed by atoms with Gasteiger partial charge in [-0.3, -0.25) is 14.7 Å². The summed E-state index contributed by atoms with van der Waals surface area (Å²) in [5, 5.41) is 1.45. The summed E-state index contributed by atoms with van der Waals surface area (Å²) >= 11 is 12.5. The van der Waals surface area contributed by atoms with E-state index >= 15 is 0 Å². The molecule has 0 radical (unpaired) electrons. The number of benzene rings is 1. The lowest BCUT2D eigenvalue weighted by Gasteiger charge is -2.39. The topological polar surface area (TPSA) is 33.2 Å². The Bertz CT molecular complexity index is 829. The van der Waals surface area contributed by atoms with Crippen molar-refractivity contribution in [1.29, 1.82) is 0 Å². The van der Waals surface area contributed by atoms with Gasteiger partial charge in [-0.1, -0.05) is 29.3 Å². The third-order valence-corrected chi connectivity index (χ3v) is 6.66. The Morgan fingerprint density at radius 2 is 1.89 bits per heavy atom. The van der Waals surface area contributed by atoms with E-state index in [-0.39, 0.29) is 17.7 Å². The van der Waals surface area contributed by atoms with Crippen molar-refractivity contribution in [3.63, 3.8) is 0 Å². The molecule has 0 N–H and O–H groups in total. The van der Waals surface area contributed by atoms with E-state index < -0.39 is 0 Å². The summed E-state index contributed by atoms with van der Waals surface area (Å²) in [6, 6.07) is 8.27. The zero-order valence-corrected chi connectivity index (χ0v) is 17.2. The van der Waals surface area contributed by atoms with Crippen molar-refractivity contribution in [3.8, 4) is 0 Å². The molecule has 2 aromatic rings. The van der Waals surface area contributed by atoms with Gasteiger partial charge in [0.25, 0.3) is 0 Å². The van der Waals surface area contributed by atoms with Gasteiger partial charge in [0, 0.05) is 17.1 Å². The van der Waals surface area contributed by atoms with Crippen LogP contribution in [0.15, 0.2) is 30.5 Å². The highest BCUT2D eigenvalue weighted by atomic mass is 35.5. The summed E-state index contributed by atoms with van der Waals surface area (Å²) in [5.74, 6) is 0.805. The van der Waals surface area contributed by atoms with E-state index in [0.717, 1.165) is 42.9 Å². The van der Waals surface area contributed by atoms with Gasteiger partial charge in [0.1, 0.15) is 5.78 Å². The number of halogens is 2. The number of hydrogen-bond donors (Lipinski definition) is 0. The molecule has 2 heterocycles. The number of hydrogen-bond acceptors (Lipinski definition) is 3. The Kier molecular flexibility index (Phi) is 5.28. The van der Waals surface area contributed by atoms with Crippen LogP contribution in [0.5, 0.6) is 0 Å². The maximum atomic E-state index is 12.2. The molecule has 0 amide bonds. The van der Waals surface area contributed by atoms with Gasteiger partial charge in [0.2, 0.25) is 0 Å². The number of ketones is 1. The fourth-order valence-electron chi connectivity index (χ4n) is 4.85. The molecule has 5 heteroatoms. The van der Waals surface area contributed by atoms with Gasteiger partial charge in [-0.05, 0) is 87.0 Å². The van der Waals surface area contributed by atoms with Crippen LogP contribution < -0.4 is 0 Å². The number of carbonyl (C=O) groups excluding carboxylic acids is 1. The van der Waals surface area contributed by atoms with Crippen LogP contribution >= 0.6 is 23.2 Å². The number of nitrogens with zero attached hydrogens (tertiary/aromatic N) is 2. The molecule has 1 fully saturated rings. The molecule has 1 aliphatic heterocycles. The van der Waals surface area contributed by atoms with Crippen LogP contribution in [0, 0.1) is 5.92 Å². The van der Waals surface area contributed by atoms with Crippen LogP contribution in [0.3, 0.4) is 0 Å².